The average Bonchev–Trinajstić information content (AvgIpc) is 3.04. The summed E-state index contributed by atoms with van der Waals surface area (Å²) in [6.45, 7) is 8.01. The molecule has 1 saturated heterocycles. The Morgan fingerprint density at radius 1 is 1.13 bits per heavy atom. The lowest BCUT2D eigenvalue weighted by molar-refractivity contribution is -0.119. The van der Waals surface area contributed by atoms with Crippen molar-refractivity contribution < 1.29 is 27.2 Å². The smallest absolute Gasteiger partial charge is 0.342 e. The molecule has 3 rings (SSSR count). The number of hydrogen-bond donors (Lipinski definition) is 1. The molecule has 1 amide bonds. The van der Waals surface area contributed by atoms with Gasteiger partial charge in [0, 0.05) is 18.8 Å². The Kier molecular flexibility index (Phi) is 6.86. The fourth-order valence-corrected chi connectivity index (χ4v) is 5.58. The van der Waals surface area contributed by atoms with E-state index in [0.29, 0.717) is 42.1 Å². The Labute approximate surface area is 182 Å². The third-order valence-electron chi connectivity index (χ3n) is 5.21. The summed E-state index contributed by atoms with van der Waals surface area (Å²) in [7, 11) is -3.58. The Morgan fingerprint density at radius 2 is 1.74 bits per heavy atom. The number of amides is 1. The van der Waals surface area contributed by atoms with Crippen LogP contribution in [0.3, 0.4) is 0 Å². The van der Waals surface area contributed by atoms with Gasteiger partial charge in [-0.15, -0.1) is 0 Å². The molecular formula is C22H28N2O6S. The predicted octanol–water partition coefficient (Wildman–Crippen LogP) is 3.36. The van der Waals surface area contributed by atoms with Gasteiger partial charge in [0.1, 0.15) is 17.1 Å². The second kappa shape index (κ2) is 9.23. The van der Waals surface area contributed by atoms with E-state index in [-0.39, 0.29) is 10.5 Å². The van der Waals surface area contributed by atoms with Crippen molar-refractivity contribution in [1.29, 1.82) is 0 Å². The number of sulfonamides is 1. The molecule has 2 atom stereocenters. The average molecular weight is 449 g/mol. The van der Waals surface area contributed by atoms with Gasteiger partial charge in [0.15, 0.2) is 6.61 Å². The minimum Gasteiger partial charge on any atom is -0.466 e. The second-order valence-corrected chi connectivity index (χ2v) is 10.2. The number of esters is 1. The molecule has 0 aliphatic carbocycles. The van der Waals surface area contributed by atoms with Crippen molar-refractivity contribution in [2.24, 2.45) is 11.8 Å². The predicted molar refractivity (Wildman–Crippen MR) is 115 cm³/mol. The highest BCUT2D eigenvalue weighted by Crippen LogP contribution is 2.27. The summed E-state index contributed by atoms with van der Waals surface area (Å²) in [5.74, 6) is 0.468. The van der Waals surface area contributed by atoms with Crippen molar-refractivity contribution in [2.75, 3.05) is 25.0 Å². The number of furan rings is 1. The molecule has 0 spiro atoms. The normalized spacial score (nSPS) is 19.7. The van der Waals surface area contributed by atoms with E-state index < -0.39 is 28.5 Å². The van der Waals surface area contributed by atoms with E-state index in [0.717, 1.165) is 6.42 Å². The van der Waals surface area contributed by atoms with Crippen molar-refractivity contribution in [3.05, 3.63) is 47.4 Å². The highest BCUT2D eigenvalue weighted by molar-refractivity contribution is 7.89. The van der Waals surface area contributed by atoms with Crippen LogP contribution in [0, 0.1) is 25.7 Å². The first kappa shape index (κ1) is 23.0. The lowest BCUT2D eigenvalue weighted by atomic mass is 9.94. The van der Waals surface area contributed by atoms with Crippen LogP contribution in [0.1, 0.15) is 42.1 Å². The van der Waals surface area contributed by atoms with E-state index in [9.17, 15) is 18.0 Å². The molecule has 2 heterocycles. The van der Waals surface area contributed by atoms with Gasteiger partial charge in [-0.1, -0.05) is 13.8 Å². The molecule has 1 N–H and O–H groups in total. The first-order chi connectivity index (χ1) is 14.6. The Hall–Kier alpha value is -2.65. The summed E-state index contributed by atoms with van der Waals surface area (Å²) >= 11 is 0. The van der Waals surface area contributed by atoms with Crippen LogP contribution in [-0.4, -0.2) is 44.3 Å². The number of nitrogens with zero attached hydrogens (tertiary/aromatic N) is 1. The number of carbonyl (C=O) groups excluding carboxylic acids is 2. The van der Waals surface area contributed by atoms with E-state index in [2.05, 4.69) is 19.2 Å². The zero-order valence-corrected chi connectivity index (χ0v) is 19.0. The molecule has 1 aliphatic rings. The van der Waals surface area contributed by atoms with Gasteiger partial charge in [0.25, 0.3) is 5.91 Å². The molecule has 2 unspecified atom stereocenters. The fraction of sp³-hybridized carbons (Fsp3) is 0.455. The highest BCUT2D eigenvalue weighted by Gasteiger charge is 2.31. The summed E-state index contributed by atoms with van der Waals surface area (Å²) < 4.78 is 37.7. The number of aryl methyl sites for hydroxylation is 2. The van der Waals surface area contributed by atoms with E-state index in [4.69, 9.17) is 9.15 Å². The van der Waals surface area contributed by atoms with Crippen molar-refractivity contribution in [1.82, 2.24) is 4.31 Å². The SMILES string of the molecule is Cc1cc(C(=O)OCC(=O)Nc2ccc(S(=O)(=O)N3CC(C)CC(C)C3)cc2)c(C)o1. The molecule has 9 heteroatoms. The third-order valence-corrected chi connectivity index (χ3v) is 7.05. The third kappa shape index (κ3) is 5.54. The number of hydrogen-bond acceptors (Lipinski definition) is 6. The van der Waals surface area contributed by atoms with Gasteiger partial charge in [-0.3, -0.25) is 4.79 Å². The van der Waals surface area contributed by atoms with Crippen LogP contribution in [0.15, 0.2) is 39.6 Å². The standard InChI is InChI=1S/C22H28N2O6S/c1-14-9-15(2)12-24(11-14)31(27,28)19-7-5-18(6-8-19)23-21(25)13-29-22(26)20-10-16(3)30-17(20)4/h5-8,10,14-15H,9,11-13H2,1-4H3,(H,23,25). The lowest BCUT2D eigenvalue weighted by Crippen LogP contribution is -2.42. The highest BCUT2D eigenvalue weighted by atomic mass is 32.2. The number of piperidine rings is 1. The van der Waals surface area contributed by atoms with Gasteiger partial charge < -0.3 is 14.5 Å². The zero-order valence-electron chi connectivity index (χ0n) is 18.2. The van der Waals surface area contributed by atoms with Crippen LogP contribution in [0.4, 0.5) is 5.69 Å². The molecule has 2 aromatic rings. The van der Waals surface area contributed by atoms with Gasteiger partial charge in [-0.05, 0) is 62.4 Å². The molecule has 8 nitrogen and oxygen atoms in total. The monoisotopic (exact) mass is 448 g/mol. The molecule has 1 aromatic carbocycles. The van der Waals surface area contributed by atoms with E-state index >= 15 is 0 Å². The maximum absolute atomic E-state index is 12.9. The molecule has 0 saturated carbocycles. The number of benzene rings is 1. The van der Waals surface area contributed by atoms with Gasteiger partial charge in [0.2, 0.25) is 10.0 Å². The summed E-state index contributed by atoms with van der Waals surface area (Å²) in [6, 6.07) is 7.54. The Balaban J connectivity index is 1.58. The van der Waals surface area contributed by atoms with Crippen LogP contribution in [-0.2, 0) is 19.6 Å². The summed E-state index contributed by atoms with van der Waals surface area (Å²) in [5.41, 5.74) is 0.692. The van der Waals surface area contributed by atoms with E-state index in [1.54, 1.807) is 19.9 Å². The first-order valence-electron chi connectivity index (χ1n) is 10.2. The van der Waals surface area contributed by atoms with Crippen LogP contribution in [0.2, 0.25) is 0 Å². The van der Waals surface area contributed by atoms with E-state index in [1.165, 1.54) is 28.6 Å². The Morgan fingerprint density at radius 3 is 2.29 bits per heavy atom. The number of ether oxygens (including phenoxy) is 1. The van der Waals surface area contributed by atoms with Crippen LogP contribution in [0.5, 0.6) is 0 Å². The summed E-state index contributed by atoms with van der Waals surface area (Å²) in [6.07, 6.45) is 1.02. The number of anilines is 1. The van der Waals surface area contributed by atoms with Crippen molar-refractivity contribution in [3.8, 4) is 0 Å². The fourth-order valence-electron chi connectivity index (χ4n) is 3.90. The minimum atomic E-state index is -3.58. The molecule has 1 aromatic heterocycles. The summed E-state index contributed by atoms with van der Waals surface area (Å²) in [5, 5.41) is 2.59. The van der Waals surface area contributed by atoms with Gasteiger partial charge >= 0.3 is 5.97 Å². The maximum Gasteiger partial charge on any atom is 0.342 e. The zero-order chi connectivity index (χ0) is 22.8. The molecule has 31 heavy (non-hydrogen) atoms. The number of nitrogens with one attached hydrogen (secondary N) is 1. The maximum atomic E-state index is 12.9. The van der Waals surface area contributed by atoms with Crippen LogP contribution >= 0.6 is 0 Å². The lowest BCUT2D eigenvalue weighted by Gasteiger charge is -2.34. The molecule has 168 valence electrons. The molecule has 1 fully saturated rings. The largest absolute Gasteiger partial charge is 0.466 e. The van der Waals surface area contributed by atoms with Gasteiger partial charge in [-0.25, -0.2) is 13.2 Å². The minimum absolute atomic E-state index is 0.184. The first-order valence-corrected chi connectivity index (χ1v) is 11.6. The molecule has 0 radical (unpaired) electrons. The van der Waals surface area contributed by atoms with Crippen LogP contribution < -0.4 is 5.32 Å². The summed E-state index contributed by atoms with van der Waals surface area (Å²) in [4.78, 5) is 24.3. The van der Waals surface area contributed by atoms with Crippen LogP contribution in [0.25, 0.3) is 0 Å². The van der Waals surface area contributed by atoms with Crippen molar-refractivity contribution >= 4 is 27.6 Å². The second-order valence-electron chi connectivity index (χ2n) is 8.24. The van der Waals surface area contributed by atoms with Gasteiger partial charge in [0.05, 0.1) is 4.90 Å². The molecule has 0 bridgehead atoms. The molecule has 1 aliphatic heterocycles. The Bertz CT molecular complexity index is 1050. The van der Waals surface area contributed by atoms with E-state index in [1.807, 2.05) is 0 Å². The van der Waals surface area contributed by atoms with Gasteiger partial charge in [-0.2, -0.15) is 4.31 Å². The number of rotatable bonds is 6. The van der Waals surface area contributed by atoms with Crippen molar-refractivity contribution in [2.45, 2.75) is 39.0 Å². The topological polar surface area (TPSA) is 106 Å². The molecular weight excluding hydrogens is 420 g/mol. The quantitative estimate of drug-likeness (QED) is 0.679. The number of carbonyl (C=O) groups is 2. The van der Waals surface area contributed by atoms with Crippen molar-refractivity contribution in [3.63, 3.8) is 0 Å².